The molecule has 0 spiro atoms. The number of fused-ring (bicyclic) bond motifs is 3. The number of anilines is 1. The van der Waals surface area contributed by atoms with Gasteiger partial charge in [0.2, 0.25) is 5.95 Å². The lowest BCUT2D eigenvalue weighted by atomic mass is 9.92. The fourth-order valence-electron chi connectivity index (χ4n) is 3.98. The van der Waals surface area contributed by atoms with Gasteiger partial charge in [-0.15, -0.1) is 5.10 Å². The predicted molar refractivity (Wildman–Crippen MR) is 104 cm³/mol. The number of amides is 1. The van der Waals surface area contributed by atoms with Crippen molar-refractivity contribution in [2.24, 2.45) is 0 Å². The first-order valence-corrected chi connectivity index (χ1v) is 9.52. The van der Waals surface area contributed by atoms with E-state index in [-0.39, 0.29) is 40.4 Å². The van der Waals surface area contributed by atoms with E-state index in [2.05, 4.69) is 25.0 Å². The molecule has 1 aliphatic heterocycles. The van der Waals surface area contributed by atoms with Crippen LogP contribution in [0, 0.1) is 11.6 Å². The molecule has 4 heterocycles. The number of piperidine rings is 1. The van der Waals surface area contributed by atoms with E-state index >= 15 is 0 Å². The fourth-order valence-corrected chi connectivity index (χ4v) is 3.98. The molecular formula is C19H18F2N8O. The standard InChI is InChI=1S/C19H18F2N8O/c1-9-2-3-10(7-28(9)18(30)14-6-23-8-24-14)16-26-17-12-4-11(20)5-13(21)15(12)25-19(22)29(17)27-16/h4-6,8-10H,2-3,7H2,1H3,(H2,22,25)(H,23,24)/t9-,10+/m0/s1. The van der Waals surface area contributed by atoms with E-state index in [0.29, 0.717) is 18.1 Å². The highest BCUT2D eigenvalue weighted by atomic mass is 19.1. The lowest BCUT2D eigenvalue weighted by Gasteiger charge is -2.36. The number of aromatic amines is 1. The highest BCUT2D eigenvalue weighted by Gasteiger charge is 2.33. The largest absolute Gasteiger partial charge is 0.368 e. The first kappa shape index (κ1) is 18.4. The molecule has 0 aliphatic carbocycles. The summed E-state index contributed by atoms with van der Waals surface area (Å²) in [6, 6.07) is 1.96. The first-order valence-electron chi connectivity index (χ1n) is 9.52. The van der Waals surface area contributed by atoms with Crippen molar-refractivity contribution in [2.45, 2.75) is 31.7 Å². The van der Waals surface area contributed by atoms with E-state index in [0.717, 1.165) is 25.0 Å². The van der Waals surface area contributed by atoms with Crippen molar-refractivity contribution < 1.29 is 13.6 Å². The van der Waals surface area contributed by atoms with Crippen molar-refractivity contribution in [3.63, 3.8) is 0 Å². The highest BCUT2D eigenvalue weighted by molar-refractivity contribution is 5.93. The maximum absolute atomic E-state index is 14.2. The number of H-pyrrole nitrogens is 1. The van der Waals surface area contributed by atoms with Crippen LogP contribution in [0.15, 0.2) is 24.7 Å². The summed E-state index contributed by atoms with van der Waals surface area (Å²) in [6.07, 6.45) is 4.47. The zero-order chi connectivity index (χ0) is 21.0. The minimum Gasteiger partial charge on any atom is -0.368 e. The van der Waals surface area contributed by atoms with Crippen molar-refractivity contribution in [1.29, 1.82) is 0 Å². The minimum absolute atomic E-state index is 0.0451. The van der Waals surface area contributed by atoms with E-state index in [4.69, 9.17) is 5.73 Å². The molecule has 4 aromatic rings. The van der Waals surface area contributed by atoms with Gasteiger partial charge in [0, 0.05) is 24.6 Å². The molecule has 0 radical (unpaired) electrons. The molecule has 0 saturated carbocycles. The van der Waals surface area contributed by atoms with E-state index in [1.54, 1.807) is 4.90 Å². The third-order valence-corrected chi connectivity index (χ3v) is 5.57. The molecule has 0 bridgehead atoms. The number of imidazole rings is 1. The Labute approximate surface area is 168 Å². The van der Waals surface area contributed by atoms with Crippen molar-refractivity contribution in [2.75, 3.05) is 12.3 Å². The van der Waals surface area contributed by atoms with Crippen molar-refractivity contribution in [3.8, 4) is 0 Å². The summed E-state index contributed by atoms with van der Waals surface area (Å²) in [6.45, 7) is 2.40. The predicted octanol–water partition coefficient (Wildman–Crippen LogP) is 2.27. The molecule has 3 N–H and O–H groups in total. The van der Waals surface area contributed by atoms with Gasteiger partial charge in [-0.05, 0) is 25.8 Å². The number of likely N-dealkylation sites (tertiary alicyclic amines) is 1. The number of nitrogens with zero attached hydrogens (tertiary/aromatic N) is 6. The molecule has 1 saturated heterocycles. The quantitative estimate of drug-likeness (QED) is 0.521. The van der Waals surface area contributed by atoms with Gasteiger partial charge in [0.15, 0.2) is 17.3 Å². The molecule has 2 atom stereocenters. The number of halogens is 2. The number of hydrogen-bond donors (Lipinski definition) is 2. The monoisotopic (exact) mass is 412 g/mol. The van der Waals surface area contributed by atoms with Crippen LogP contribution in [0.25, 0.3) is 16.6 Å². The molecule has 0 unspecified atom stereocenters. The van der Waals surface area contributed by atoms with Crippen molar-refractivity contribution in [1.82, 2.24) is 34.4 Å². The topological polar surface area (TPSA) is 118 Å². The second kappa shape index (κ2) is 6.71. The second-order valence-electron chi connectivity index (χ2n) is 7.51. The van der Waals surface area contributed by atoms with E-state index in [9.17, 15) is 13.6 Å². The molecule has 1 aliphatic rings. The summed E-state index contributed by atoms with van der Waals surface area (Å²) in [5, 5.41) is 4.63. The van der Waals surface area contributed by atoms with Gasteiger partial charge in [0.25, 0.3) is 5.91 Å². The maximum atomic E-state index is 14.2. The molecule has 9 nitrogen and oxygen atoms in total. The van der Waals surface area contributed by atoms with Crippen molar-refractivity contribution >= 4 is 28.4 Å². The lowest BCUT2D eigenvalue weighted by Crippen LogP contribution is -2.45. The van der Waals surface area contributed by atoms with E-state index < -0.39 is 11.6 Å². The van der Waals surface area contributed by atoms with Crippen LogP contribution in [0.4, 0.5) is 14.7 Å². The van der Waals surface area contributed by atoms with Gasteiger partial charge in [-0.1, -0.05) is 0 Å². The Balaban J connectivity index is 1.55. The fraction of sp³-hybridized carbons (Fsp3) is 0.316. The lowest BCUT2D eigenvalue weighted by molar-refractivity contribution is 0.0600. The molecular weight excluding hydrogens is 394 g/mol. The third-order valence-electron chi connectivity index (χ3n) is 5.57. The number of nitrogen functional groups attached to an aromatic ring is 1. The smallest absolute Gasteiger partial charge is 0.272 e. The highest BCUT2D eigenvalue weighted by Crippen LogP contribution is 2.31. The van der Waals surface area contributed by atoms with Crippen LogP contribution in [0.1, 0.15) is 42.0 Å². The molecule has 3 aromatic heterocycles. The normalized spacial score (nSPS) is 19.6. The van der Waals surface area contributed by atoms with Crippen LogP contribution in [0.2, 0.25) is 0 Å². The van der Waals surface area contributed by atoms with Gasteiger partial charge in [0.1, 0.15) is 17.0 Å². The molecule has 1 fully saturated rings. The number of carbonyl (C=O) groups excluding carboxylic acids is 1. The van der Waals surface area contributed by atoms with Gasteiger partial charge in [-0.25, -0.2) is 23.7 Å². The number of carbonyl (C=O) groups is 1. The van der Waals surface area contributed by atoms with Crippen LogP contribution in [0.5, 0.6) is 0 Å². The Morgan fingerprint density at radius 2 is 2.10 bits per heavy atom. The summed E-state index contributed by atoms with van der Waals surface area (Å²) in [5.41, 5.74) is 6.53. The Kier molecular flexibility index (Phi) is 4.12. The van der Waals surface area contributed by atoms with Crippen LogP contribution >= 0.6 is 0 Å². The summed E-state index contributed by atoms with van der Waals surface area (Å²) in [5.74, 6) is -1.44. The molecule has 11 heteroatoms. The summed E-state index contributed by atoms with van der Waals surface area (Å²) >= 11 is 0. The number of hydrogen-bond acceptors (Lipinski definition) is 6. The number of aromatic nitrogens is 6. The number of rotatable bonds is 2. The third kappa shape index (κ3) is 2.85. The maximum Gasteiger partial charge on any atom is 0.272 e. The Bertz CT molecular complexity index is 1270. The van der Waals surface area contributed by atoms with Crippen LogP contribution in [-0.2, 0) is 0 Å². The van der Waals surface area contributed by atoms with Gasteiger partial charge in [-0.3, -0.25) is 4.79 Å². The van der Waals surface area contributed by atoms with Gasteiger partial charge >= 0.3 is 0 Å². The second-order valence-corrected chi connectivity index (χ2v) is 7.51. The average Bonchev–Trinajstić information content (AvgIpc) is 3.39. The number of nitrogens with one attached hydrogen (secondary N) is 1. The SMILES string of the molecule is C[C@H]1CC[C@@H](c2nc3c4cc(F)cc(F)c4nc(N)n3n2)CN1C(=O)c1cnc[nH]1. The van der Waals surface area contributed by atoms with Crippen LogP contribution < -0.4 is 5.73 Å². The zero-order valence-electron chi connectivity index (χ0n) is 16.0. The summed E-state index contributed by atoms with van der Waals surface area (Å²) < 4.78 is 29.3. The number of benzene rings is 1. The van der Waals surface area contributed by atoms with Gasteiger partial charge in [-0.2, -0.15) is 4.52 Å². The minimum atomic E-state index is -0.813. The van der Waals surface area contributed by atoms with E-state index in [1.807, 2.05) is 6.92 Å². The first-order chi connectivity index (χ1) is 14.4. The van der Waals surface area contributed by atoms with Crippen molar-refractivity contribution in [3.05, 3.63) is 47.8 Å². The summed E-state index contributed by atoms with van der Waals surface area (Å²) in [7, 11) is 0. The Hall–Kier alpha value is -3.63. The molecule has 5 rings (SSSR count). The van der Waals surface area contributed by atoms with Gasteiger partial charge < -0.3 is 15.6 Å². The summed E-state index contributed by atoms with van der Waals surface area (Å²) in [4.78, 5) is 29.9. The van der Waals surface area contributed by atoms with E-state index in [1.165, 1.54) is 17.0 Å². The van der Waals surface area contributed by atoms with Gasteiger partial charge in [0.05, 0.1) is 17.9 Å². The zero-order valence-corrected chi connectivity index (χ0v) is 16.0. The molecule has 1 amide bonds. The number of nitrogens with two attached hydrogens (primary N) is 1. The molecule has 154 valence electrons. The Morgan fingerprint density at radius 3 is 2.87 bits per heavy atom. The average molecular weight is 412 g/mol. The Morgan fingerprint density at radius 1 is 1.27 bits per heavy atom. The van der Waals surface area contributed by atoms with Crippen LogP contribution in [-0.4, -0.2) is 52.9 Å². The molecule has 30 heavy (non-hydrogen) atoms. The van der Waals surface area contributed by atoms with Crippen LogP contribution in [0.3, 0.4) is 0 Å². The molecule has 1 aromatic carbocycles.